The Labute approximate surface area is 236 Å². The van der Waals surface area contributed by atoms with E-state index in [0.29, 0.717) is 48.6 Å². The summed E-state index contributed by atoms with van der Waals surface area (Å²) in [6.07, 6.45) is 1.05. The average molecular weight is 574 g/mol. The molecule has 2 fully saturated rings. The molecule has 1 aliphatic carbocycles. The molecule has 1 N–H and O–H groups in total. The van der Waals surface area contributed by atoms with Crippen LogP contribution in [0.3, 0.4) is 0 Å². The SMILES string of the molecule is CC(C)CCN(CC(C)C)c1cc(-c2cc(F)c(Cl)c(F)c2)nc2cc(C(=O)N3C[C@@H]4C(CC(=O)O)[C@@H]4C3)nn12. The monoisotopic (exact) mass is 573 g/mol. The third kappa shape index (κ3) is 5.64. The first-order valence-corrected chi connectivity index (χ1v) is 14.1. The number of carbonyl (C=O) groups excluding carboxylic acids is 1. The van der Waals surface area contributed by atoms with E-state index in [2.05, 4.69) is 42.7 Å². The summed E-state index contributed by atoms with van der Waals surface area (Å²) < 4.78 is 30.4. The number of carboxylic acid groups (broad SMARTS) is 1. The molecule has 1 unspecified atom stereocenters. The maximum absolute atomic E-state index is 14.4. The Morgan fingerprint density at radius 1 is 1.07 bits per heavy atom. The molecule has 0 radical (unpaired) electrons. The van der Waals surface area contributed by atoms with E-state index >= 15 is 0 Å². The van der Waals surface area contributed by atoms with Gasteiger partial charge in [0.25, 0.3) is 5.91 Å². The van der Waals surface area contributed by atoms with Crippen molar-refractivity contribution in [2.75, 3.05) is 31.1 Å². The first-order valence-electron chi connectivity index (χ1n) is 13.7. The smallest absolute Gasteiger partial charge is 0.303 e. The predicted octanol–water partition coefficient (Wildman–Crippen LogP) is 5.63. The Balaban J connectivity index is 1.53. The van der Waals surface area contributed by atoms with Gasteiger partial charge in [-0.15, -0.1) is 0 Å². The fourth-order valence-corrected chi connectivity index (χ4v) is 5.88. The van der Waals surface area contributed by atoms with Crippen molar-refractivity contribution in [1.29, 1.82) is 0 Å². The van der Waals surface area contributed by atoms with E-state index in [0.717, 1.165) is 25.1 Å². The van der Waals surface area contributed by atoms with Crippen LogP contribution in [0.15, 0.2) is 24.3 Å². The molecule has 5 rings (SSSR count). The van der Waals surface area contributed by atoms with Crippen molar-refractivity contribution in [3.63, 3.8) is 0 Å². The highest BCUT2D eigenvalue weighted by molar-refractivity contribution is 6.31. The zero-order valence-electron chi connectivity index (χ0n) is 23.1. The van der Waals surface area contributed by atoms with E-state index in [4.69, 9.17) is 16.7 Å². The Morgan fingerprint density at radius 3 is 2.30 bits per heavy atom. The van der Waals surface area contributed by atoms with Gasteiger partial charge in [-0.25, -0.2) is 13.8 Å². The van der Waals surface area contributed by atoms with Crippen LogP contribution >= 0.6 is 11.6 Å². The first kappa shape index (κ1) is 28.3. The van der Waals surface area contributed by atoms with Crippen LogP contribution in [0.25, 0.3) is 16.9 Å². The normalized spacial score (nSPS) is 20.0. The summed E-state index contributed by atoms with van der Waals surface area (Å²) in [6, 6.07) is 5.66. The molecule has 1 amide bonds. The molecule has 1 saturated heterocycles. The molecule has 8 nitrogen and oxygen atoms in total. The van der Waals surface area contributed by atoms with Gasteiger partial charge in [-0.3, -0.25) is 9.59 Å². The first-order chi connectivity index (χ1) is 18.9. The van der Waals surface area contributed by atoms with E-state index in [1.54, 1.807) is 21.5 Å². The van der Waals surface area contributed by atoms with E-state index in [-0.39, 0.29) is 41.3 Å². The maximum atomic E-state index is 14.4. The molecular weight excluding hydrogens is 540 g/mol. The van der Waals surface area contributed by atoms with Crippen LogP contribution in [0, 0.1) is 41.2 Å². The molecule has 2 aliphatic rings. The van der Waals surface area contributed by atoms with Crippen LogP contribution in [-0.2, 0) is 4.79 Å². The molecule has 2 aromatic heterocycles. The van der Waals surface area contributed by atoms with Gasteiger partial charge in [-0.1, -0.05) is 39.3 Å². The van der Waals surface area contributed by atoms with Crippen LogP contribution in [0.1, 0.15) is 51.0 Å². The summed E-state index contributed by atoms with van der Waals surface area (Å²) in [6.45, 7) is 11.0. The van der Waals surface area contributed by atoms with Gasteiger partial charge in [-0.05, 0) is 48.1 Å². The minimum atomic E-state index is -0.878. The second-order valence-electron chi connectivity index (χ2n) is 11.9. The van der Waals surface area contributed by atoms with Crippen LogP contribution in [-0.4, -0.2) is 62.7 Å². The fraction of sp³-hybridized carbons (Fsp3) is 0.517. The lowest BCUT2D eigenvalue weighted by atomic mass is 10.1. The van der Waals surface area contributed by atoms with Gasteiger partial charge in [0, 0.05) is 50.3 Å². The van der Waals surface area contributed by atoms with Gasteiger partial charge in [0.05, 0.1) is 5.69 Å². The Hall–Kier alpha value is -3.27. The minimum Gasteiger partial charge on any atom is -0.481 e. The van der Waals surface area contributed by atoms with Crippen molar-refractivity contribution < 1.29 is 23.5 Å². The quantitative estimate of drug-likeness (QED) is 0.316. The fourth-order valence-electron chi connectivity index (χ4n) is 5.78. The number of rotatable bonds is 10. The van der Waals surface area contributed by atoms with Crippen LogP contribution in [0.2, 0.25) is 5.02 Å². The largest absolute Gasteiger partial charge is 0.481 e. The molecule has 214 valence electrons. The van der Waals surface area contributed by atoms with Crippen LogP contribution in [0.4, 0.5) is 14.6 Å². The highest BCUT2D eigenvalue weighted by Gasteiger charge is 2.57. The molecular formula is C29H34ClF2N5O3. The van der Waals surface area contributed by atoms with Crippen molar-refractivity contribution in [3.8, 4) is 11.3 Å². The number of aliphatic carboxylic acids is 1. The number of likely N-dealkylation sites (tertiary alicyclic amines) is 1. The number of aromatic nitrogens is 3. The number of fused-ring (bicyclic) bond motifs is 2. The number of hydrogen-bond donors (Lipinski definition) is 1. The van der Waals surface area contributed by atoms with E-state index in [9.17, 15) is 18.4 Å². The van der Waals surface area contributed by atoms with E-state index in [1.165, 1.54) is 0 Å². The van der Waals surface area contributed by atoms with E-state index in [1.807, 2.05) is 0 Å². The summed E-state index contributed by atoms with van der Waals surface area (Å²) in [5.74, 6) is -0.804. The summed E-state index contributed by atoms with van der Waals surface area (Å²) in [7, 11) is 0. The third-order valence-corrected chi connectivity index (χ3v) is 8.22. The lowest BCUT2D eigenvalue weighted by Crippen LogP contribution is -2.32. The van der Waals surface area contributed by atoms with Gasteiger partial charge in [0.2, 0.25) is 0 Å². The van der Waals surface area contributed by atoms with Crippen molar-refractivity contribution in [3.05, 3.63) is 46.6 Å². The summed E-state index contributed by atoms with van der Waals surface area (Å²) in [4.78, 5) is 33.1. The number of carbonyl (C=O) groups is 2. The average Bonchev–Trinajstić information content (AvgIpc) is 3.24. The van der Waals surface area contributed by atoms with Gasteiger partial charge >= 0.3 is 5.97 Å². The van der Waals surface area contributed by atoms with Crippen molar-refractivity contribution in [2.45, 2.75) is 40.5 Å². The highest BCUT2D eigenvalue weighted by Crippen LogP contribution is 2.53. The molecule has 40 heavy (non-hydrogen) atoms. The maximum Gasteiger partial charge on any atom is 0.303 e. The Morgan fingerprint density at radius 2 is 1.73 bits per heavy atom. The lowest BCUT2D eigenvalue weighted by molar-refractivity contribution is -0.137. The third-order valence-electron chi connectivity index (χ3n) is 7.86. The van der Waals surface area contributed by atoms with Crippen LogP contribution in [0.5, 0.6) is 0 Å². The Bertz CT molecular complexity index is 1420. The van der Waals surface area contributed by atoms with E-state index < -0.39 is 22.6 Å². The summed E-state index contributed by atoms with van der Waals surface area (Å²) in [5.41, 5.74) is 1.18. The number of nitrogens with zero attached hydrogens (tertiary/aromatic N) is 5. The zero-order valence-corrected chi connectivity index (χ0v) is 23.8. The van der Waals surface area contributed by atoms with Crippen molar-refractivity contribution in [1.82, 2.24) is 19.5 Å². The number of halogens is 3. The van der Waals surface area contributed by atoms with Crippen LogP contribution < -0.4 is 4.90 Å². The highest BCUT2D eigenvalue weighted by atomic mass is 35.5. The summed E-state index contributed by atoms with van der Waals surface area (Å²) >= 11 is 5.73. The number of carboxylic acids is 1. The number of anilines is 1. The zero-order chi connectivity index (χ0) is 28.9. The molecule has 3 heterocycles. The molecule has 3 aromatic rings. The molecule has 0 spiro atoms. The van der Waals surface area contributed by atoms with Crippen molar-refractivity contribution >= 4 is 34.9 Å². The molecule has 11 heteroatoms. The summed E-state index contributed by atoms with van der Waals surface area (Å²) in [5, 5.41) is 13.2. The van der Waals surface area contributed by atoms with Gasteiger partial charge in [-0.2, -0.15) is 9.61 Å². The molecule has 3 atom stereocenters. The topological polar surface area (TPSA) is 91.0 Å². The predicted molar refractivity (Wildman–Crippen MR) is 148 cm³/mol. The number of benzene rings is 1. The minimum absolute atomic E-state index is 0.129. The molecule has 1 aliphatic heterocycles. The number of amides is 1. The second kappa shape index (κ2) is 11.0. The van der Waals surface area contributed by atoms with Gasteiger partial charge in [0.15, 0.2) is 11.3 Å². The number of piperidine rings is 1. The molecule has 1 saturated carbocycles. The second-order valence-corrected chi connectivity index (χ2v) is 12.3. The van der Waals surface area contributed by atoms with Crippen molar-refractivity contribution in [2.24, 2.45) is 29.6 Å². The van der Waals surface area contributed by atoms with Gasteiger partial charge < -0.3 is 14.9 Å². The Kier molecular flexibility index (Phi) is 7.74. The number of hydrogen-bond acceptors (Lipinski definition) is 5. The lowest BCUT2D eigenvalue weighted by Gasteiger charge is -2.28. The molecule has 0 bridgehead atoms. The molecule has 1 aromatic carbocycles. The van der Waals surface area contributed by atoms with Gasteiger partial charge in [0.1, 0.15) is 22.5 Å². The standard InChI is InChI=1S/C29H34ClF2N5O3/c1-15(2)5-6-35(12-16(3)4)26-11-23(17-7-21(31)28(30)22(32)8-17)33-25-10-24(34-37(25)26)29(40)36-13-19-18(9-27(38)39)20(19)14-36/h7-8,10-11,15-16,18-20H,5-6,9,12-14H2,1-4H3,(H,38,39)/t18?,19-,20+.